The zero-order valence-corrected chi connectivity index (χ0v) is 19.5. The molecular formula is C24H35NO3Si. The summed E-state index contributed by atoms with van der Waals surface area (Å²) in [4.78, 5) is 12.4. The molecule has 0 saturated carbocycles. The first kappa shape index (κ1) is 23.2. The Bertz CT molecular complexity index is 781. The van der Waals surface area contributed by atoms with Crippen LogP contribution in [0.25, 0.3) is 0 Å². The van der Waals surface area contributed by atoms with Crippen LogP contribution in [0.15, 0.2) is 48.5 Å². The third-order valence-corrected chi connectivity index (χ3v) is 11.7. The van der Waals surface area contributed by atoms with Gasteiger partial charge in [-0.2, -0.15) is 0 Å². The molecule has 158 valence electrons. The summed E-state index contributed by atoms with van der Waals surface area (Å²) in [5, 5.41) is 12.9. The lowest BCUT2D eigenvalue weighted by molar-refractivity contribution is -0.115. The van der Waals surface area contributed by atoms with Gasteiger partial charge >= 0.3 is 0 Å². The molecule has 0 radical (unpaired) electrons. The maximum Gasteiger partial charge on any atom is 0.258 e. The Morgan fingerprint density at radius 1 is 0.966 bits per heavy atom. The highest BCUT2D eigenvalue weighted by molar-refractivity contribution is 6.78. The number of carbonyl (C=O) groups is 1. The van der Waals surface area contributed by atoms with Gasteiger partial charge in [-0.15, -0.1) is 0 Å². The van der Waals surface area contributed by atoms with Crippen LogP contribution in [0, 0.1) is 0 Å². The molecule has 2 rings (SSSR count). The first-order chi connectivity index (χ1) is 13.7. The van der Waals surface area contributed by atoms with Gasteiger partial charge in [0.1, 0.15) is 5.75 Å². The summed E-state index contributed by atoms with van der Waals surface area (Å²) in [5.74, 6) is 0.653. The van der Waals surface area contributed by atoms with Gasteiger partial charge in [0.25, 0.3) is 8.32 Å². The predicted octanol–water partition coefficient (Wildman–Crippen LogP) is 5.91. The number of carbonyl (C=O) groups excluding carboxylic acids is 1. The molecule has 0 atom stereocenters. The summed E-state index contributed by atoms with van der Waals surface area (Å²) in [6.45, 7) is 13.3. The molecule has 0 bridgehead atoms. The van der Waals surface area contributed by atoms with Crippen molar-refractivity contribution in [3.05, 3.63) is 59.7 Å². The minimum Gasteiger partial charge on any atom is -0.542 e. The van der Waals surface area contributed by atoms with Crippen LogP contribution in [-0.2, 0) is 17.8 Å². The van der Waals surface area contributed by atoms with Crippen LogP contribution in [0.1, 0.15) is 52.7 Å². The van der Waals surface area contributed by atoms with Gasteiger partial charge in [-0.1, -0.05) is 71.9 Å². The van der Waals surface area contributed by atoms with E-state index in [0.29, 0.717) is 34.3 Å². The zero-order valence-electron chi connectivity index (χ0n) is 18.5. The highest BCUT2D eigenvalue weighted by Crippen LogP contribution is 2.43. The molecule has 2 aromatic carbocycles. The van der Waals surface area contributed by atoms with Gasteiger partial charge in [-0.05, 0) is 40.4 Å². The molecule has 0 aliphatic carbocycles. The Hall–Kier alpha value is -2.11. The van der Waals surface area contributed by atoms with Crippen LogP contribution in [0.3, 0.4) is 0 Å². The van der Waals surface area contributed by atoms with Gasteiger partial charge in [0, 0.05) is 11.3 Å². The van der Waals surface area contributed by atoms with Crippen LogP contribution in [0.5, 0.6) is 5.75 Å². The van der Waals surface area contributed by atoms with E-state index in [1.807, 2.05) is 48.5 Å². The summed E-state index contributed by atoms with van der Waals surface area (Å²) in [5.41, 5.74) is 3.68. The Labute approximate surface area is 176 Å². The molecule has 29 heavy (non-hydrogen) atoms. The number of hydrogen-bond donors (Lipinski definition) is 2. The van der Waals surface area contributed by atoms with E-state index in [9.17, 15) is 9.90 Å². The van der Waals surface area contributed by atoms with Crippen molar-refractivity contribution >= 4 is 19.9 Å². The minimum absolute atomic E-state index is 0.0796. The molecule has 0 aromatic heterocycles. The van der Waals surface area contributed by atoms with Crippen molar-refractivity contribution in [3.8, 4) is 5.75 Å². The summed E-state index contributed by atoms with van der Waals surface area (Å²) in [6.07, 6.45) is 0.317. The number of rotatable bonds is 9. The molecule has 0 aliphatic heterocycles. The van der Waals surface area contributed by atoms with Crippen LogP contribution >= 0.6 is 0 Å². The van der Waals surface area contributed by atoms with Gasteiger partial charge in [0.15, 0.2) is 0 Å². The van der Waals surface area contributed by atoms with Gasteiger partial charge in [0.2, 0.25) is 5.91 Å². The van der Waals surface area contributed by atoms with Crippen LogP contribution < -0.4 is 9.74 Å². The normalized spacial score (nSPS) is 11.9. The van der Waals surface area contributed by atoms with E-state index in [1.54, 1.807) is 0 Å². The molecule has 4 nitrogen and oxygen atoms in total. The number of hydrogen-bond acceptors (Lipinski definition) is 3. The highest BCUT2D eigenvalue weighted by atomic mass is 28.4. The van der Waals surface area contributed by atoms with Crippen molar-refractivity contribution in [1.29, 1.82) is 0 Å². The average Bonchev–Trinajstić information content (AvgIpc) is 2.66. The lowest BCUT2D eigenvalue weighted by atomic mass is 10.1. The summed E-state index contributed by atoms with van der Waals surface area (Å²) >= 11 is 0. The fourth-order valence-corrected chi connectivity index (χ4v) is 9.70. The molecule has 5 heteroatoms. The average molecular weight is 414 g/mol. The number of amides is 1. The second kappa shape index (κ2) is 10.1. The van der Waals surface area contributed by atoms with Crippen LogP contribution in [0.4, 0.5) is 5.69 Å². The van der Waals surface area contributed by atoms with E-state index < -0.39 is 8.32 Å². The van der Waals surface area contributed by atoms with Crippen molar-refractivity contribution in [3.63, 3.8) is 0 Å². The fourth-order valence-electron chi connectivity index (χ4n) is 4.41. The molecule has 0 heterocycles. The first-order valence-corrected chi connectivity index (χ1v) is 12.6. The number of nitrogens with one attached hydrogen (secondary N) is 1. The van der Waals surface area contributed by atoms with Crippen molar-refractivity contribution < 1.29 is 14.3 Å². The number of aliphatic hydroxyl groups excluding tert-OH is 1. The third-order valence-electron chi connectivity index (χ3n) is 5.72. The van der Waals surface area contributed by atoms with Crippen LogP contribution in [0.2, 0.25) is 16.6 Å². The number of benzene rings is 2. The van der Waals surface area contributed by atoms with E-state index in [4.69, 9.17) is 4.43 Å². The van der Waals surface area contributed by atoms with Gasteiger partial charge in [0.05, 0.1) is 13.0 Å². The Morgan fingerprint density at radius 3 is 2.07 bits per heavy atom. The van der Waals surface area contributed by atoms with Gasteiger partial charge < -0.3 is 14.8 Å². The summed E-state index contributed by atoms with van der Waals surface area (Å²) in [7, 11) is -2.11. The highest BCUT2D eigenvalue weighted by Gasteiger charge is 2.47. The molecule has 2 N–H and O–H groups in total. The lowest BCUT2D eigenvalue weighted by Gasteiger charge is -2.42. The number of anilines is 1. The topological polar surface area (TPSA) is 58.6 Å². The standard InChI is InChI=1S/C24H35NO3Si/c1-17(2)29(18(3)4,19(5)6)28-23-13-12-22(15-21(23)16-26)25-24(27)14-20-10-8-7-9-11-20/h7-13,15,17-19,26H,14,16H2,1-6H3,(H,25,27). The lowest BCUT2D eigenvalue weighted by Crippen LogP contribution is -2.50. The molecule has 1 amide bonds. The fraction of sp³-hybridized carbons (Fsp3) is 0.458. The molecule has 0 unspecified atom stereocenters. The van der Waals surface area contributed by atoms with E-state index in [1.165, 1.54) is 0 Å². The Morgan fingerprint density at radius 2 is 1.55 bits per heavy atom. The third kappa shape index (κ3) is 5.49. The van der Waals surface area contributed by atoms with E-state index in [-0.39, 0.29) is 12.5 Å². The molecule has 0 aliphatic rings. The van der Waals surface area contributed by atoms with Crippen molar-refractivity contribution in [2.24, 2.45) is 0 Å². The largest absolute Gasteiger partial charge is 0.542 e. The molecule has 0 spiro atoms. The summed E-state index contributed by atoms with van der Waals surface area (Å²) in [6, 6.07) is 15.2. The van der Waals surface area contributed by atoms with E-state index >= 15 is 0 Å². The minimum atomic E-state index is -2.11. The van der Waals surface area contributed by atoms with Crippen LogP contribution in [-0.4, -0.2) is 19.3 Å². The summed E-state index contributed by atoms with van der Waals surface area (Å²) < 4.78 is 6.73. The first-order valence-electron chi connectivity index (χ1n) is 10.5. The molecule has 0 saturated heterocycles. The maximum absolute atomic E-state index is 12.4. The van der Waals surface area contributed by atoms with Gasteiger partial charge in [-0.25, -0.2) is 0 Å². The molecular weight excluding hydrogens is 378 g/mol. The quantitative estimate of drug-likeness (QED) is 0.502. The maximum atomic E-state index is 12.4. The smallest absolute Gasteiger partial charge is 0.258 e. The predicted molar refractivity (Wildman–Crippen MR) is 123 cm³/mol. The molecule has 2 aromatic rings. The number of aliphatic hydroxyl groups is 1. The monoisotopic (exact) mass is 413 g/mol. The molecule has 0 fully saturated rings. The second-order valence-corrected chi connectivity index (χ2v) is 14.0. The SMILES string of the molecule is CC(C)[Si](Oc1ccc(NC(=O)Cc2ccccc2)cc1CO)(C(C)C)C(C)C. The Kier molecular flexibility index (Phi) is 8.05. The van der Waals surface area contributed by atoms with E-state index in [0.717, 1.165) is 11.3 Å². The zero-order chi connectivity index (χ0) is 21.6. The van der Waals surface area contributed by atoms with Crippen molar-refractivity contribution in [1.82, 2.24) is 0 Å². The van der Waals surface area contributed by atoms with Crippen molar-refractivity contribution in [2.75, 3.05) is 5.32 Å². The Balaban J connectivity index is 2.22. The van der Waals surface area contributed by atoms with Crippen molar-refractivity contribution in [2.45, 2.75) is 71.2 Å². The second-order valence-electron chi connectivity index (χ2n) is 8.61. The van der Waals surface area contributed by atoms with Gasteiger partial charge in [-0.3, -0.25) is 4.79 Å². The van der Waals surface area contributed by atoms with E-state index in [2.05, 4.69) is 46.9 Å².